The molecule has 0 fully saturated rings. The first-order chi connectivity index (χ1) is 12.1. The summed E-state index contributed by atoms with van der Waals surface area (Å²) in [5, 5.41) is 0. The van der Waals surface area contributed by atoms with Crippen molar-refractivity contribution in [2.24, 2.45) is 5.92 Å². The van der Waals surface area contributed by atoms with E-state index < -0.39 is 11.9 Å². The molecule has 0 N–H and O–H groups in total. The normalized spacial score (nSPS) is 12.0. The van der Waals surface area contributed by atoms with Crippen LogP contribution in [0.4, 0.5) is 0 Å². The molecule has 25 heavy (non-hydrogen) atoms. The minimum Gasteiger partial charge on any atom is -0.465 e. The number of rotatable bonds is 17. The number of unbranched alkanes of at least 4 members (excludes halogenated alkanes) is 9. The van der Waals surface area contributed by atoms with E-state index in [1.54, 1.807) is 0 Å². The highest BCUT2D eigenvalue weighted by atomic mass is 16.6. The summed E-state index contributed by atoms with van der Waals surface area (Å²) >= 11 is 0. The van der Waals surface area contributed by atoms with Gasteiger partial charge < -0.3 is 9.47 Å². The molecule has 1 atom stereocenters. The van der Waals surface area contributed by atoms with Gasteiger partial charge in [0.15, 0.2) is 0 Å². The van der Waals surface area contributed by atoms with Crippen molar-refractivity contribution in [1.29, 1.82) is 0 Å². The van der Waals surface area contributed by atoms with Crippen LogP contribution in [0.15, 0.2) is 0 Å². The predicted octanol–water partition coefficient (Wildman–Crippen LogP) is 5.82. The van der Waals surface area contributed by atoms with Gasteiger partial charge in [-0.2, -0.15) is 0 Å². The molecule has 0 bridgehead atoms. The molecule has 0 aromatic heterocycles. The molecule has 0 aliphatic rings. The zero-order chi connectivity index (χ0) is 18.8. The van der Waals surface area contributed by atoms with E-state index in [1.165, 1.54) is 51.4 Å². The Morgan fingerprint density at radius 3 is 1.72 bits per heavy atom. The molecule has 4 heteroatoms. The van der Waals surface area contributed by atoms with Gasteiger partial charge in [0.25, 0.3) is 0 Å². The zero-order valence-corrected chi connectivity index (χ0v) is 16.8. The van der Waals surface area contributed by atoms with E-state index in [0.29, 0.717) is 19.1 Å². The van der Waals surface area contributed by atoms with Gasteiger partial charge in [-0.1, -0.05) is 85.0 Å². The van der Waals surface area contributed by atoms with Crippen LogP contribution in [-0.4, -0.2) is 25.2 Å². The minimum absolute atomic E-state index is 0.266. The molecule has 0 radical (unpaired) electrons. The number of carbonyl (C=O) groups is 2. The summed E-state index contributed by atoms with van der Waals surface area (Å²) in [6.07, 6.45) is 14.1. The number of ether oxygens (including phenoxy) is 2. The highest BCUT2D eigenvalue weighted by Crippen LogP contribution is 2.10. The number of hydrogen-bond acceptors (Lipinski definition) is 4. The Morgan fingerprint density at radius 1 is 0.720 bits per heavy atom. The van der Waals surface area contributed by atoms with Gasteiger partial charge in [0.1, 0.15) is 6.42 Å². The van der Waals surface area contributed by atoms with Crippen LogP contribution in [0.2, 0.25) is 0 Å². The lowest BCUT2D eigenvalue weighted by atomic mass is 10.1. The van der Waals surface area contributed by atoms with Crippen molar-refractivity contribution in [3.05, 3.63) is 0 Å². The largest absolute Gasteiger partial charge is 0.465 e. The quantitative estimate of drug-likeness (QED) is 0.187. The lowest BCUT2D eigenvalue weighted by Gasteiger charge is -2.09. The summed E-state index contributed by atoms with van der Waals surface area (Å²) in [5.74, 6) is -0.406. The third-order valence-electron chi connectivity index (χ3n) is 4.62. The van der Waals surface area contributed by atoms with Gasteiger partial charge in [-0.15, -0.1) is 0 Å². The Bertz CT molecular complexity index is 328. The summed E-state index contributed by atoms with van der Waals surface area (Å²) in [6.45, 7) is 7.27. The van der Waals surface area contributed by atoms with E-state index in [-0.39, 0.29) is 6.42 Å². The molecule has 0 aliphatic heterocycles. The smallest absolute Gasteiger partial charge is 0.317 e. The van der Waals surface area contributed by atoms with Gasteiger partial charge in [0.05, 0.1) is 13.2 Å². The van der Waals surface area contributed by atoms with Gasteiger partial charge >= 0.3 is 11.9 Å². The fraction of sp³-hybridized carbons (Fsp3) is 0.905. The van der Waals surface area contributed by atoms with E-state index in [0.717, 1.165) is 25.7 Å². The second kappa shape index (κ2) is 17.8. The van der Waals surface area contributed by atoms with E-state index in [2.05, 4.69) is 20.8 Å². The van der Waals surface area contributed by atoms with Gasteiger partial charge in [0.2, 0.25) is 0 Å². The Morgan fingerprint density at radius 2 is 1.20 bits per heavy atom. The van der Waals surface area contributed by atoms with Crippen LogP contribution >= 0.6 is 0 Å². The summed E-state index contributed by atoms with van der Waals surface area (Å²) in [6, 6.07) is 0. The van der Waals surface area contributed by atoms with Crippen molar-refractivity contribution in [1.82, 2.24) is 0 Å². The Balaban J connectivity index is 3.36. The van der Waals surface area contributed by atoms with Crippen LogP contribution in [0.3, 0.4) is 0 Å². The van der Waals surface area contributed by atoms with Crippen molar-refractivity contribution < 1.29 is 19.1 Å². The van der Waals surface area contributed by atoms with Crippen LogP contribution in [0.1, 0.15) is 104 Å². The summed E-state index contributed by atoms with van der Waals surface area (Å²) in [4.78, 5) is 23.0. The Kier molecular flexibility index (Phi) is 17.0. The van der Waals surface area contributed by atoms with Gasteiger partial charge in [-0.05, 0) is 18.8 Å². The molecule has 0 aliphatic carbocycles. The van der Waals surface area contributed by atoms with E-state index in [4.69, 9.17) is 9.47 Å². The van der Waals surface area contributed by atoms with E-state index >= 15 is 0 Å². The predicted molar refractivity (Wildman–Crippen MR) is 102 cm³/mol. The third kappa shape index (κ3) is 17.6. The summed E-state index contributed by atoms with van der Waals surface area (Å²) < 4.78 is 10.1. The highest BCUT2D eigenvalue weighted by molar-refractivity contribution is 5.91. The van der Waals surface area contributed by atoms with Crippen molar-refractivity contribution in [3.8, 4) is 0 Å². The second-order valence-corrected chi connectivity index (χ2v) is 7.10. The van der Waals surface area contributed by atoms with Crippen molar-refractivity contribution in [2.75, 3.05) is 13.2 Å². The van der Waals surface area contributed by atoms with Crippen LogP contribution in [0.5, 0.6) is 0 Å². The molecule has 4 nitrogen and oxygen atoms in total. The molecular weight excluding hydrogens is 316 g/mol. The molecule has 148 valence electrons. The van der Waals surface area contributed by atoms with Crippen LogP contribution in [0.25, 0.3) is 0 Å². The number of esters is 2. The molecule has 0 saturated carbocycles. The fourth-order valence-corrected chi connectivity index (χ4v) is 2.57. The van der Waals surface area contributed by atoms with Crippen molar-refractivity contribution in [3.63, 3.8) is 0 Å². The van der Waals surface area contributed by atoms with Gasteiger partial charge in [0, 0.05) is 0 Å². The lowest BCUT2D eigenvalue weighted by molar-refractivity contribution is -0.154. The fourth-order valence-electron chi connectivity index (χ4n) is 2.57. The topological polar surface area (TPSA) is 52.6 Å². The molecule has 0 spiro atoms. The third-order valence-corrected chi connectivity index (χ3v) is 4.62. The number of carbonyl (C=O) groups excluding carboxylic acids is 2. The Hall–Kier alpha value is -1.06. The first-order valence-corrected chi connectivity index (χ1v) is 10.4. The van der Waals surface area contributed by atoms with E-state index in [1.807, 2.05) is 0 Å². The Labute approximate surface area is 155 Å². The first kappa shape index (κ1) is 23.9. The van der Waals surface area contributed by atoms with Gasteiger partial charge in [-0.25, -0.2) is 0 Å². The van der Waals surface area contributed by atoms with Gasteiger partial charge in [-0.3, -0.25) is 9.59 Å². The average molecular weight is 357 g/mol. The zero-order valence-electron chi connectivity index (χ0n) is 16.8. The minimum atomic E-state index is -0.476. The summed E-state index contributed by atoms with van der Waals surface area (Å²) in [7, 11) is 0. The highest BCUT2D eigenvalue weighted by Gasteiger charge is 2.12. The summed E-state index contributed by atoms with van der Waals surface area (Å²) in [5.41, 5.74) is 0. The molecule has 0 rings (SSSR count). The second-order valence-electron chi connectivity index (χ2n) is 7.10. The maximum atomic E-state index is 11.5. The SMILES string of the molecule is CCCCCCCCCCCCOC(=O)CC(=O)OCCC(C)CC. The standard InChI is InChI=1S/C21H40O4/c1-4-6-7-8-9-10-11-12-13-14-16-24-20(22)18-21(23)25-17-15-19(3)5-2/h19H,4-18H2,1-3H3. The molecule has 0 aromatic rings. The lowest BCUT2D eigenvalue weighted by Crippen LogP contribution is -2.15. The molecule has 0 amide bonds. The van der Waals surface area contributed by atoms with Crippen molar-refractivity contribution in [2.45, 2.75) is 104 Å². The molecule has 1 unspecified atom stereocenters. The average Bonchev–Trinajstić information content (AvgIpc) is 2.59. The van der Waals surface area contributed by atoms with Crippen LogP contribution < -0.4 is 0 Å². The van der Waals surface area contributed by atoms with E-state index in [9.17, 15) is 9.59 Å². The maximum Gasteiger partial charge on any atom is 0.317 e. The molecule has 0 aromatic carbocycles. The van der Waals surface area contributed by atoms with Crippen molar-refractivity contribution >= 4 is 11.9 Å². The van der Waals surface area contributed by atoms with Crippen LogP contribution in [-0.2, 0) is 19.1 Å². The first-order valence-electron chi connectivity index (χ1n) is 10.4. The van der Waals surface area contributed by atoms with Crippen LogP contribution in [0, 0.1) is 5.92 Å². The maximum absolute atomic E-state index is 11.5. The molecule has 0 saturated heterocycles. The molecular formula is C21H40O4. The number of hydrogen-bond donors (Lipinski definition) is 0. The monoisotopic (exact) mass is 356 g/mol. The molecule has 0 heterocycles.